The summed E-state index contributed by atoms with van der Waals surface area (Å²) in [5, 5.41) is 4.02. The molecule has 1 fully saturated rings. The fraction of sp³-hybridized carbons (Fsp3) is 0.417. The first-order chi connectivity index (χ1) is 15.3. The smallest absolute Gasteiger partial charge is 0.243 e. The Labute approximate surface area is 203 Å². The van der Waals surface area contributed by atoms with Crippen LogP contribution in [0.4, 0.5) is 4.39 Å². The first kappa shape index (κ1) is 24.8. The lowest BCUT2D eigenvalue weighted by molar-refractivity contribution is -0.141. The van der Waals surface area contributed by atoms with E-state index in [1.54, 1.807) is 18.2 Å². The minimum atomic E-state index is -0.749. The van der Waals surface area contributed by atoms with Gasteiger partial charge in [0.1, 0.15) is 11.9 Å². The van der Waals surface area contributed by atoms with Gasteiger partial charge in [0.15, 0.2) is 0 Å². The number of rotatable bonds is 8. The number of hydrogen-bond acceptors (Lipinski definition) is 2. The largest absolute Gasteiger partial charge is 0.352 e. The molecule has 4 nitrogen and oxygen atoms in total. The number of benzene rings is 2. The number of carbonyl (C=O) groups is 2. The Balaban J connectivity index is 1.91. The number of nitrogens with one attached hydrogen (secondary N) is 1. The van der Waals surface area contributed by atoms with E-state index in [2.05, 4.69) is 5.32 Å². The Bertz CT molecular complexity index is 939. The van der Waals surface area contributed by atoms with Crippen molar-refractivity contribution < 1.29 is 14.0 Å². The van der Waals surface area contributed by atoms with E-state index in [0.717, 1.165) is 25.7 Å². The maximum absolute atomic E-state index is 14.4. The normalized spacial score (nSPS) is 14.9. The van der Waals surface area contributed by atoms with E-state index < -0.39 is 17.8 Å². The fourth-order valence-corrected chi connectivity index (χ4v) is 4.84. The van der Waals surface area contributed by atoms with Gasteiger partial charge in [-0.05, 0) is 43.5 Å². The number of nitrogens with zero attached hydrogens (tertiary/aromatic N) is 1. The second-order valence-electron chi connectivity index (χ2n) is 8.01. The quantitative estimate of drug-likeness (QED) is 0.470. The lowest BCUT2D eigenvalue weighted by Gasteiger charge is -2.32. The molecule has 1 unspecified atom stereocenters. The summed E-state index contributed by atoms with van der Waals surface area (Å²) in [6, 6.07) is 8.71. The number of hydrogen-bond donors (Lipinski definition) is 1. The van der Waals surface area contributed by atoms with Crippen molar-refractivity contribution in [2.45, 2.75) is 64.1 Å². The van der Waals surface area contributed by atoms with E-state index in [-0.39, 0.29) is 35.5 Å². The zero-order valence-corrected chi connectivity index (χ0v) is 20.1. The highest BCUT2D eigenvalue weighted by atomic mass is 35.5. The highest BCUT2D eigenvalue weighted by molar-refractivity contribution is 6.36. The molecule has 32 heavy (non-hydrogen) atoms. The molecule has 1 N–H and O–H groups in total. The zero-order valence-electron chi connectivity index (χ0n) is 17.8. The van der Waals surface area contributed by atoms with Gasteiger partial charge in [-0.15, -0.1) is 0 Å². The predicted octanol–water partition coefficient (Wildman–Crippen LogP) is 6.19. The molecular formula is C24H26Cl3FN2O2. The van der Waals surface area contributed by atoms with Crippen LogP contribution in [0.25, 0.3) is 0 Å². The number of halogens is 4. The Hall–Kier alpha value is -1.82. The summed E-state index contributed by atoms with van der Waals surface area (Å²) in [4.78, 5) is 28.0. The number of carbonyl (C=O) groups excluding carboxylic acids is 2. The summed E-state index contributed by atoms with van der Waals surface area (Å²) in [5.41, 5.74) is 0.636. The van der Waals surface area contributed by atoms with Crippen molar-refractivity contribution in [1.82, 2.24) is 10.2 Å². The third-order valence-corrected chi connectivity index (χ3v) is 6.93. The fourth-order valence-electron chi connectivity index (χ4n) is 4.09. The first-order valence-corrected chi connectivity index (χ1v) is 11.9. The second-order valence-corrected chi connectivity index (χ2v) is 9.23. The predicted molar refractivity (Wildman–Crippen MR) is 127 cm³/mol. The van der Waals surface area contributed by atoms with Gasteiger partial charge in [-0.25, -0.2) is 4.39 Å². The molecule has 0 aliphatic heterocycles. The summed E-state index contributed by atoms with van der Waals surface area (Å²) in [5.74, 6) is -1.22. The van der Waals surface area contributed by atoms with Crippen LogP contribution in [-0.4, -0.2) is 28.8 Å². The van der Waals surface area contributed by atoms with Crippen molar-refractivity contribution in [2.24, 2.45) is 0 Å². The SMILES string of the molecule is CCC(C(=O)NC1CCCC1)N(Cc1c(Cl)cccc1Cl)C(=O)Cc1c(F)cccc1Cl. The average Bonchev–Trinajstić information content (AvgIpc) is 3.25. The van der Waals surface area contributed by atoms with E-state index in [1.165, 1.54) is 23.1 Å². The molecule has 0 bridgehead atoms. The molecule has 172 valence electrons. The van der Waals surface area contributed by atoms with Crippen molar-refractivity contribution in [3.05, 3.63) is 68.4 Å². The van der Waals surface area contributed by atoms with Crippen molar-refractivity contribution in [3.8, 4) is 0 Å². The van der Waals surface area contributed by atoms with Crippen molar-refractivity contribution in [1.29, 1.82) is 0 Å². The molecule has 2 aromatic carbocycles. The molecule has 0 spiro atoms. The zero-order chi connectivity index (χ0) is 23.3. The lowest BCUT2D eigenvalue weighted by atomic mass is 10.1. The topological polar surface area (TPSA) is 49.4 Å². The third-order valence-electron chi connectivity index (χ3n) is 5.87. The molecule has 3 rings (SSSR count). The van der Waals surface area contributed by atoms with Gasteiger partial charge in [0.2, 0.25) is 11.8 Å². The first-order valence-electron chi connectivity index (χ1n) is 10.8. The maximum atomic E-state index is 14.4. The Morgan fingerprint density at radius 2 is 1.59 bits per heavy atom. The molecule has 2 aromatic rings. The van der Waals surface area contributed by atoms with Crippen LogP contribution in [0.3, 0.4) is 0 Å². The van der Waals surface area contributed by atoms with E-state index in [9.17, 15) is 14.0 Å². The van der Waals surface area contributed by atoms with Crippen LogP contribution in [0, 0.1) is 5.82 Å². The van der Waals surface area contributed by atoms with E-state index in [4.69, 9.17) is 34.8 Å². The van der Waals surface area contributed by atoms with Gasteiger partial charge in [-0.3, -0.25) is 9.59 Å². The molecule has 1 aliphatic carbocycles. The summed E-state index contributed by atoms with van der Waals surface area (Å²) in [6.45, 7) is 1.86. The standard InChI is InChI=1S/C24H26Cl3FN2O2/c1-2-22(24(32)29-15-7-3-4-8-15)30(14-17-19(26)9-5-10-20(17)27)23(31)13-16-18(25)11-6-12-21(16)28/h5-6,9-12,15,22H,2-4,7-8,13-14H2,1H3,(H,29,32). The molecular weight excluding hydrogens is 474 g/mol. The molecule has 0 heterocycles. The van der Waals surface area contributed by atoms with Gasteiger partial charge in [-0.1, -0.05) is 66.7 Å². The Kier molecular flexibility index (Phi) is 8.80. The summed E-state index contributed by atoms with van der Waals surface area (Å²) >= 11 is 18.8. The molecule has 8 heteroatoms. The van der Waals surface area contributed by atoms with Gasteiger partial charge >= 0.3 is 0 Å². The van der Waals surface area contributed by atoms with E-state index >= 15 is 0 Å². The van der Waals surface area contributed by atoms with Crippen molar-refractivity contribution in [2.75, 3.05) is 0 Å². The third kappa shape index (κ3) is 5.94. The van der Waals surface area contributed by atoms with Gasteiger partial charge in [0.05, 0.1) is 6.42 Å². The molecule has 0 saturated heterocycles. The van der Waals surface area contributed by atoms with Crippen LogP contribution in [0.15, 0.2) is 36.4 Å². The number of amides is 2. The molecule has 0 aromatic heterocycles. The van der Waals surface area contributed by atoms with E-state index in [1.807, 2.05) is 6.92 Å². The monoisotopic (exact) mass is 498 g/mol. The van der Waals surface area contributed by atoms with Crippen LogP contribution >= 0.6 is 34.8 Å². The lowest BCUT2D eigenvalue weighted by Crippen LogP contribution is -2.51. The van der Waals surface area contributed by atoms with Crippen molar-refractivity contribution >= 4 is 46.6 Å². The van der Waals surface area contributed by atoms with Gasteiger partial charge < -0.3 is 10.2 Å². The maximum Gasteiger partial charge on any atom is 0.243 e. The van der Waals surface area contributed by atoms with Crippen LogP contribution in [0.1, 0.15) is 50.2 Å². The van der Waals surface area contributed by atoms with Gasteiger partial charge in [0, 0.05) is 38.8 Å². The minimum Gasteiger partial charge on any atom is -0.352 e. The van der Waals surface area contributed by atoms with Crippen LogP contribution in [-0.2, 0) is 22.6 Å². The highest BCUT2D eigenvalue weighted by Crippen LogP contribution is 2.28. The minimum absolute atomic E-state index is 0.0278. The highest BCUT2D eigenvalue weighted by Gasteiger charge is 2.32. The van der Waals surface area contributed by atoms with Crippen LogP contribution in [0.5, 0.6) is 0 Å². The second kappa shape index (κ2) is 11.4. The van der Waals surface area contributed by atoms with Gasteiger partial charge in [-0.2, -0.15) is 0 Å². The van der Waals surface area contributed by atoms with Crippen LogP contribution < -0.4 is 5.32 Å². The van der Waals surface area contributed by atoms with Crippen LogP contribution in [0.2, 0.25) is 15.1 Å². The molecule has 0 radical (unpaired) electrons. The summed E-state index contributed by atoms with van der Waals surface area (Å²) < 4.78 is 14.4. The Morgan fingerprint density at radius 3 is 2.16 bits per heavy atom. The Morgan fingerprint density at radius 1 is 1.03 bits per heavy atom. The molecule has 1 aliphatic rings. The molecule has 1 atom stereocenters. The molecule has 2 amide bonds. The summed E-state index contributed by atoms with van der Waals surface area (Å²) in [7, 11) is 0. The summed E-state index contributed by atoms with van der Waals surface area (Å²) in [6.07, 6.45) is 4.11. The van der Waals surface area contributed by atoms with E-state index in [0.29, 0.717) is 22.0 Å². The average molecular weight is 500 g/mol. The van der Waals surface area contributed by atoms with Gasteiger partial charge in [0.25, 0.3) is 0 Å². The van der Waals surface area contributed by atoms with Crippen molar-refractivity contribution in [3.63, 3.8) is 0 Å². The molecule has 1 saturated carbocycles.